The van der Waals surface area contributed by atoms with Gasteiger partial charge in [0.2, 0.25) is 5.91 Å². The quantitative estimate of drug-likeness (QED) is 0.786. The Hall–Kier alpha value is -2.66. The molecule has 0 bridgehead atoms. The molecule has 1 aliphatic carbocycles. The lowest BCUT2D eigenvalue weighted by Gasteiger charge is -2.43. The van der Waals surface area contributed by atoms with Gasteiger partial charge in [-0.3, -0.25) is 9.59 Å². The van der Waals surface area contributed by atoms with E-state index in [9.17, 15) is 9.59 Å². The maximum Gasteiger partial charge on any atom is 0.256 e. The molecular weight excluding hydrogens is 364 g/mol. The Balaban J connectivity index is 1.62. The zero-order valence-corrected chi connectivity index (χ0v) is 17.1. The van der Waals surface area contributed by atoms with Crippen molar-refractivity contribution in [1.29, 1.82) is 0 Å². The van der Waals surface area contributed by atoms with Crippen molar-refractivity contribution in [2.24, 2.45) is 5.92 Å². The van der Waals surface area contributed by atoms with E-state index in [1.54, 1.807) is 19.0 Å². The van der Waals surface area contributed by atoms with Crippen LogP contribution in [0, 0.1) is 5.92 Å². The van der Waals surface area contributed by atoms with E-state index in [1.807, 2.05) is 35.2 Å². The molecule has 1 atom stereocenters. The van der Waals surface area contributed by atoms with Gasteiger partial charge >= 0.3 is 0 Å². The smallest absolute Gasteiger partial charge is 0.256 e. The summed E-state index contributed by atoms with van der Waals surface area (Å²) in [5.74, 6) is 0.222. The maximum absolute atomic E-state index is 13.2. The zero-order chi connectivity index (χ0) is 20.4. The van der Waals surface area contributed by atoms with Gasteiger partial charge in [-0.15, -0.1) is 0 Å². The van der Waals surface area contributed by atoms with E-state index in [1.165, 1.54) is 0 Å². The van der Waals surface area contributed by atoms with Crippen LogP contribution in [0.3, 0.4) is 0 Å². The van der Waals surface area contributed by atoms with Gasteiger partial charge in [-0.1, -0.05) is 54.6 Å². The summed E-state index contributed by atoms with van der Waals surface area (Å²) < 4.78 is 6.13. The van der Waals surface area contributed by atoms with Crippen LogP contribution in [0.25, 0.3) is 11.1 Å². The lowest BCUT2D eigenvalue weighted by molar-refractivity contribution is -0.173. The highest BCUT2D eigenvalue weighted by molar-refractivity contribution is 5.88. The first kappa shape index (κ1) is 19.6. The third kappa shape index (κ3) is 4.20. The number of carbonyl (C=O) groups excluding carboxylic acids is 2. The predicted molar refractivity (Wildman–Crippen MR) is 112 cm³/mol. The fourth-order valence-corrected chi connectivity index (χ4v) is 4.10. The lowest BCUT2D eigenvalue weighted by Crippen LogP contribution is -2.62. The van der Waals surface area contributed by atoms with Crippen molar-refractivity contribution in [3.63, 3.8) is 0 Å². The first-order valence-corrected chi connectivity index (χ1v) is 10.3. The number of benzene rings is 2. The highest BCUT2D eigenvalue weighted by atomic mass is 16.5. The second kappa shape index (κ2) is 7.99. The molecule has 0 unspecified atom stereocenters. The number of likely N-dealkylation sites (N-methyl/N-ethyl adjacent to an activating group) is 1. The van der Waals surface area contributed by atoms with E-state index in [2.05, 4.69) is 24.3 Å². The van der Waals surface area contributed by atoms with Crippen LogP contribution in [-0.2, 0) is 20.7 Å². The first-order chi connectivity index (χ1) is 14.0. The molecule has 29 heavy (non-hydrogen) atoms. The van der Waals surface area contributed by atoms with E-state index in [-0.39, 0.29) is 17.7 Å². The summed E-state index contributed by atoms with van der Waals surface area (Å²) >= 11 is 0. The molecule has 5 heteroatoms. The van der Waals surface area contributed by atoms with Gasteiger partial charge in [0, 0.05) is 33.0 Å². The zero-order valence-electron chi connectivity index (χ0n) is 17.1. The van der Waals surface area contributed by atoms with Gasteiger partial charge in [-0.05, 0) is 29.5 Å². The normalized spacial score (nSPS) is 21.7. The third-order valence-corrected chi connectivity index (χ3v) is 5.74. The highest BCUT2D eigenvalue weighted by Crippen LogP contribution is 2.34. The summed E-state index contributed by atoms with van der Waals surface area (Å²) in [6.45, 7) is 1.26. The molecule has 0 radical (unpaired) electrons. The molecule has 0 spiro atoms. The van der Waals surface area contributed by atoms with Gasteiger partial charge < -0.3 is 14.5 Å². The molecule has 5 nitrogen and oxygen atoms in total. The molecule has 2 aromatic carbocycles. The number of amides is 2. The Kier molecular flexibility index (Phi) is 5.41. The van der Waals surface area contributed by atoms with Crippen LogP contribution in [0.2, 0.25) is 0 Å². The van der Waals surface area contributed by atoms with Crippen LogP contribution in [0.5, 0.6) is 0 Å². The van der Waals surface area contributed by atoms with Gasteiger partial charge in [0.1, 0.15) is 0 Å². The highest BCUT2D eigenvalue weighted by Gasteiger charge is 2.47. The van der Waals surface area contributed by atoms with Crippen molar-refractivity contribution < 1.29 is 14.3 Å². The minimum Gasteiger partial charge on any atom is -0.361 e. The molecule has 1 heterocycles. The molecule has 2 aromatic rings. The second-order valence-corrected chi connectivity index (χ2v) is 8.32. The van der Waals surface area contributed by atoms with E-state index in [0.717, 1.165) is 29.5 Å². The SMILES string of the molecule is CN(C)C(=O)[C@@]1(Cc2cccc(-c3ccccc3)c2)CN(C(=O)C2CC2)CCO1. The fraction of sp³-hybridized carbons (Fsp3) is 0.417. The van der Waals surface area contributed by atoms with Crippen molar-refractivity contribution in [3.8, 4) is 11.1 Å². The maximum atomic E-state index is 13.2. The summed E-state index contributed by atoms with van der Waals surface area (Å²) in [4.78, 5) is 29.3. The Labute approximate surface area is 172 Å². The van der Waals surface area contributed by atoms with E-state index >= 15 is 0 Å². The van der Waals surface area contributed by atoms with Crippen LogP contribution in [-0.4, -0.2) is 61.0 Å². The minimum atomic E-state index is -1.04. The fourth-order valence-electron chi connectivity index (χ4n) is 4.10. The monoisotopic (exact) mass is 392 g/mol. The summed E-state index contributed by atoms with van der Waals surface area (Å²) in [5, 5.41) is 0. The minimum absolute atomic E-state index is 0.0871. The molecule has 152 valence electrons. The van der Waals surface area contributed by atoms with Crippen LogP contribution in [0.4, 0.5) is 0 Å². The topological polar surface area (TPSA) is 49.9 Å². The standard InChI is InChI=1S/C24H28N2O3/c1-25(2)23(28)24(17-26(13-14-29-24)22(27)20-11-12-20)16-18-7-6-10-21(15-18)19-8-4-3-5-9-19/h3-10,15,20H,11-14,16-17H2,1-2H3/t24-/m1/s1. The largest absolute Gasteiger partial charge is 0.361 e. The number of hydrogen-bond donors (Lipinski definition) is 0. The van der Waals surface area contributed by atoms with Crippen molar-refractivity contribution in [2.45, 2.75) is 24.9 Å². The number of nitrogens with zero attached hydrogens (tertiary/aromatic N) is 2. The summed E-state index contributed by atoms with van der Waals surface area (Å²) in [6, 6.07) is 18.4. The number of ether oxygens (including phenoxy) is 1. The average molecular weight is 392 g/mol. The Morgan fingerprint density at radius 2 is 1.79 bits per heavy atom. The molecule has 1 aliphatic heterocycles. The number of rotatable bonds is 5. The third-order valence-electron chi connectivity index (χ3n) is 5.74. The Morgan fingerprint density at radius 3 is 2.48 bits per heavy atom. The molecule has 0 aromatic heterocycles. The Morgan fingerprint density at radius 1 is 1.07 bits per heavy atom. The number of carbonyl (C=O) groups is 2. The summed E-state index contributed by atoms with van der Waals surface area (Å²) in [5.41, 5.74) is 2.23. The van der Waals surface area contributed by atoms with E-state index in [0.29, 0.717) is 26.1 Å². The van der Waals surface area contributed by atoms with Gasteiger partial charge in [-0.2, -0.15) is 0 Å². The average Bonchev–Trinajstić information content (AvgIpc) is 3.59. The molecule has 2 fully saturated rings. The van der Waals surface area contributed by atoms with Crippen LogP contribution < -0.4 is 0 Å². The molecule has 4 rings (SSSR count). The second-order valence-electron chi connectivity index (χ2n) is 8.32. The molecule has 1 saturated heterocycles. The van der Waals surface area contributed by atoms with Crippen molar-refractivity contribution in [1.82, 2.24) is 9.80 Å². The van der Waals surface area contributed by atoms with Crippen LogP contribution in [0.15, 0.2) is 54.6 Å². The molecular formula is C24H28N2O3. The summed E-state index contributed by atoms with van der Waals surface area (Å²) in [6.07, 6.45) is 2.37. The molecule has 0 N–H and O–H groups in total. The molecule has 2 aliphatic rings. The van der Waals surface area contributed by atoms with Gasteiger partial charge in [0.25, 0.3) is 5.91 Å². The van der Waals surface area contributed by atoms with Crippen LogP contribution in [0.1, 0.15) is 18.4 Å². The van der Waals surface area contributed by atoms with Gasteiger partial charge in [-0.25, -0.2) is 0 Å². The van der Waals surface area contributed by atoms with E-state index in [4.69, 9.17) is 4.74 Å². The van der Waals surface area contributed by atoms with Crippen molar-refractivity contribution >= 4 is 11.8 Å². The predicted octanol–water partition coefficient (Wildman–Crippen LogP) is 2.99. The molecule has 2 amide bonds. The summed E-state index contributed by atoms with van der Waals surface area (Å²) in [7, 11) is 3.49. The van der Waals surface area contributed by atoms with Crippen molar-refractivity contribution in [3.05, 3.63) is 60.2 Å². The lowest BCUT2D eigenvalue weighted by atomic mass is 9.89. The molecule has 1 saturated carbocycles. The van der Waals surface area contributed by atoms with Crippen molar-refractivity contribution in [2.75, 3.05) is 33.8 Å². The van der Waals surface area contributed by atoms with Gasteiger partial charge in [0.05, 0.1) is 13.2 Å². The first-order valence-electron chi connectivity index (χ1n) is 10.3. The van der Waals surface area contributed by atoms with Crippen LogP contribution >= 0.6 is 0 Å². The number of hydrogen-bond acceptors (Lipinski definition) is 3. The van der Waals surface area contributed by atoms with Gasteiger partial charge in [0.15, 0.2) is 5.60 Å². The van der Waals surface area contributed by atoms with E-state index < -0.39 is 5.60 Å². The Bertz CT molecular complexity index is 892. The number of morpholine rings is 1.